The van der Waals surface area contributed by atoms with Crippen LogP contribution >= 0.6 is 0 Å². The number of aromatic nitrogens is 2. The average Bonchev–Trinajstić information content (AvgIpc) is 3.07. The van der Waals surface area contributed by atoms with E-state index >= 15 is 0 Å². The molecule has 2 heterocycles. The molecule has 1 saturated heterocycles. The van der Waals surface area contributed by atoms with Gasteiger partial charge in [0.15, 0.2) is 12.7 Å². The van der Waals surface area contributed by atoms with Crippen LogP contribution in [-0.4, -0.2) is 57.3 Å². The number of likely N-dealkylation sites (tertiary alicyclic amines) is 1. The van der Waals surface area contributed by atoms with Gasteiger partial charge in [-0.1, -0.05) is 4.68 Å². The summed E-state index contributed by atoms with van der Waals surface area (Å²) in [5.74, 6) is -3.61. The van der Waals surface area contributed by atoms with E-state index in [1.165, 1.54) is 10.9 Å². The average molecular weight is 364 g/mol. The molecule has 1 amide bonds. The molecule has 0 bridgehead atoms. The Morgan fingerprint density at radius 2 is 1.76 bits per heavy atom. The number of aryl methyl sites for hydroxylation is 1. The number of carbonyl (C=O) groups excluding carboxylic acids is 1. The van der Waals surface area contributed by atoms with Gasteiger partial charge in [-0.3, -0.25) is 9.59 Å². The molecule has 2 rings (SSSR count). The van der Waals surface area contributed by atoms with E-state index in [-0.39, 0.29) is 12.3 Å². The summed E-state index contributed by atoms with van der Waals surface area (Å²) in [4.78, 5) is 33.1. The van der Waals surface area contributed by atoms with Crippen molar-refractivity contribution in [2.45, 2.75) is 32.0 Å². The Labute approximate surface area is 140 Å². The highest BCUT2D eigenvalue weighted by Gasteiger charge is 2.38. The summed E-state index contributed by atoms with van der Waals surface area (Å²) in [6.45, 7) is 1.94. The molecule has 0 atom stereocenters. The first-order valence-corrected chi connectivity index (χ1v) is 7.28. The molecule has 0 radical (unpaired) electrons. The van der Waals surface area contributed by atoms with Crippen molar-refractivity contribution in [2.24, 2.45) is 0 Å². The first-order valence-electron chi connectivity index (χ1n) is 7.28. The van der Waals surface area contributed by atoms with Crippen molar-refractivity contribution < 1.29 is 42.4 Å². The van der Waals surface area contributed by atoms with E-state index in [9.17, 15) is 22.8 Å². The van der Waals surface area contributed by atoms with Gasteiger partial charge < -0.3 is 15.1 Å². The molecule has 1 fully saturated rings. The molecule has 1 aromatic rings. The SMILES string of the molecule is O=C(O)C(F)(F)F.O=C(O)CC[n+]1ccc(C(=O)N2CCCC2)cn1. The molecule has 2 N–H and O–H groups in total. The van der Waals surface area contributed by atoms with Gasteiger partial charge >= 0.3 is 18.1 Å². The zero-order valence-electron chi connectivity index (χ0n) is 13.1. The summed E-state index contributed by atoms with van der Waals surface area (Å²) < 4.78 is 33.3. The summed E-state index contributed by atoms with van der Waals surface area (Å²) in [5, 5.41) is 19.7. The molecule has 8 nitrogen and oxygen atoms in total. The maximum absolute atomic E-state index is 12.0. The van der Waals surface area contributed by atoms with Crippen LogP contribution in [0.1, 0.15) is 29.6 Å². The number of hydrogen-bond donors (Lipinski definition) is 2. The van der Waals surface area contributed by atoms with Crippen molar-refractivity contribution in [1.29, 1.82) is 0 Å². The predicted molar refractivity (Wildman–Crippen MR) is 75.5 cm³/mol. The number of rotatable bonds is 4. The topological polar surface area (TPSA) is 112 Å². The summed E-state index contributed by atoms with van der Waals surface area (Å²) in [6.07, 6.45) is 0.209. The number of halogens is 3. The van der Waals surface area contributed by atoms with Crippen LogP contribution < -0.4 is 4.68 Å². The van der Waals surface area contributed by atoms with Gasteiger partial charge in [0.25, 0.3) is 5.91 Å². The van der Waals surface area contributed by atoms with Crippen LogP contribution in [0.2, 0.25) is 0 Å². The van der Waals surface area contributed by atoms with Crippen LogP contribution in [0.3, 0.4) is 0 Å². The number of aliphatic carboxylic acids is 2. The van der Waals surface area contributed by atoms with E-state index in [2.05, 4.69) is 5.10 Å². The minimum Gasteiger partial charge on any atom is -0.481 e. The van der Waals surface area contributed by atoms with Crippen molar-refractivity contribution >= 4 is 17.8 Å². The highest BCUT2D eigenvalue weighted by atomic mass is 19.4. The summed E-state index contributed by atoms with van der Waals surface area (Å²) in [7, 11) is 0. The van der Waals surface area contributed by atoms with E-state index in [1.54, 1.807) is 12.3 Å². The summed E-state index contributed by atoms with van der Waals surface area (Å²) in [5.41, 5.74) is 0.559. The molecule has 0 saturated carbocycles. The van der Waals surface area contributed by atoms with Gasteiger partial charge in [-0.2, -0.15) is 13.2 Å². The number of carboxylic acids is 2. The number of carbonyl (C=O) groups is 3. The van der Waals surface area contributed by atoms with Crippen LogP contribution in [-0.2, 0) is 16.1 Å². The molecule has 0 unspecified atom stereocenters. The molecule has 25 heavy (non-hydrogen) atoms. The van der Waals surface area contributed by atoms with Crippen LogP contribution in [0, 0.1) is 0 Å². The summed E-state index contributed by atoms with van der Waals surface area (Å²) in [6, 6.07) is 1.69. The van der Waals surface area contributed by atoms with Gasteiger partial charge in [0.2, 0.25) is 0 Å². The Morgan fingerprint density at radius 3 is 2.16 bits per heavy atom. The first-order chi connectivity index (χ1) is 11.6. The normalized spacial score (nSPS) is 13.8. The van der Waals surface area contributed by atoms with Crippen molar-refractivity contribution in [1.82, 2.24) is 10.00 Å². The molecule has 1 aliphatic rings. The zero-order valence-corrected chi connectivity index (χ0v) is 13.1. The van der Waals surface area contributed by atoms with Crippen molar-refractivity contribution in [3.05, 3.63) is 24.0 Å². The highest BCUT2D eigenvalue weighted by molar-refractivity contribution is 5.93. The second-order valence-electron chi connectivity index (χ2n) is 5.12. The number of hydrogen-bond acceptors (Lipinski definition) is 4. The van der Waals surface area contributed by atoms with Crippen LogP contribution in [0.4, 0.5) is 13.2 Å². The maximum atomic E-state index is 12.0. The van der Waals surface area contributed by atoms with E-state index in [4.69, 9.17) is 15.0 Å². The monoisotopic (exact) mass is 364 g/mol. The van der Waals surface area contributed by atoms with E-state index in [0.717, 1.165) is 25.9 Å². The van der Waals surface area contributed by atoms with Gasteiger partial charge in [0.05, 0.1) is 5.56 Å². The lowest BCUT2D eigenvalue weighted by molar-refractivity contribution is -0.753. The molecule has 1 aromatic heterocycles. The largest absolute Gasteiger partial charge is 0.490 e. The van der Waals surface area contributed by atoms with Gasteiger partial charge in [-0.05, 0) is 17.9 Å². The van der Waals surface area contributed by atoms with E-state index in [1.807, 2.05) is 4.90 Å². The van der Waals surface area contributed by atoms with Gasteiger partial charge in [0.1, 0.15) is 12.6 Å². The zero-order chi connectivity index (χ0) is 19.0. The van der Waals surface area contributed by atoms with E-state index in [0.29, 0.717) is 12.1 Å². The van der Waals surface area contributed by atoms with Crippen molar-refractivity contribution in [3.63, 3.8) is 0 Å². The Kier molecular flexibility index (Phi) is 7.27. The lowest BCUT2D eigenvalue weighted by Crippen LogP contribution is -2.39. The fraction of sp³-hybridized carbons (Fsp3) is 0.500. The van der Waals surface area contributed by atoms with Gasteiger partial charge in [-0.15, -0.1) is 0 Å². The van der Waals surface area contributed by atoms with Crippen LogP contribution in [0.5, 0.6) is 0 Å². The Hall–Kier alpha value is -2.72. The lowest BCUT2D eigenvalue weighted by Gasteiger charge is -2.13. The lowest BCUT2D eigenvalue weighted by atomic mass is 10.3. The highest BCUT2D eigenvalue weighted by Crippen LogP contribution is 2.13. The molecule has 0 spiro atoms. The standard InChI is InChI=1S/C12H15N3O3.C2HF3O2/c16-11(17)4-8-15-7-3-10(9-13-15)12(18)14-5-1-2-6-14;3-2(4,5)1(6)7/h3,7,9H,1-2,4-6,8H2;(H,6,7)/p+1. The second kappa shape index (κ2) is 8.94. The molecule has 0 aliphatic carbocycles. The van der Waals surface area contributed by atoms with Crippen LogP contribution in [0.25, 0.3) is 0 Å². The minimum atomic E-state index is -5.08. The van der Waals surface area contributed by atoms with Crippen molar-refractivity contribution in [2.75, 3.05) is 13.1 Å². The first kappa shape index (κ1) is 20.3. The third kappa shape index (κ3) is 7.14. The molecular formula is C14H17F3N3O5+. The van der Waals surface area contributed by atoms with Gasteiger partial charge in [0, 0.05) is 19.2 Å². The quantitative estimate of drug-likeness (QED) is 0.762. The van der Waals surface area contributed by atoms with Gasteiger partial charge in [-0.25, -0.2) is 4.79 Å². The predicted octanol–water partition coefficient (Wildman–Crippen LogP) is 0.713. The summed E-state index contributed by atoms with van der Waals surface area (Å²) >= 11 is 0. The molecular weight excluding hydrogens is 347 g/mol. The number of alkyl halides is 3. The minimum absolute atomic E-state index is 0.00499. The molecule has 11 heteroatoms. The molecule has 138 valence electrons. The second-order valence-corrected chi connectivity index (χ2v) is 5.12. The number of amides is 1. The maximum Gasteiger partial charge on any atom is 0.490 e. The third-order valence-corrected chi connectivity index (χ3v) is 3.21. The Bertz CT molecular complexity index is 613. The number of carboxylic acid groups (broad SMARTS) is 2. The smallest absolute Gasteiger partial charge is 0.481 e. The molecule has 0 aromatic carbocycles. The molecule has 1 aliphatic heterocycles. The third-order valence-electron chi connectivity index (χ3n) is 3.21. The van der Waals surface area contributed by atoms with E-state index < -0.39 is 18.1 Å². The Balaban J connectivity index is 0.000000381. The van der Waals surface area contributed by atoms with Crippen LogP contribution in [0.15, 0.2) is 18.5 Å². The Morgan fingerprint density at radius 1 is 1.20 bits per heavy atom. The number of nitrogens with zero attached hydrogens (tertiary/aromatic N) is 3. The fourth-order valence-corrected chi connectivity index (χ4v) is 1.96. The fourth-order valence-electron chi connectivity index (χ4n) is 1.96. The van der Waals surface area contributed by atoms with Crippen molar-refractivity contribution in [3.8, 4) is 0 Å².